The maximum Gasteiger partial charge on any atom is 0.226 e. The van der Waals surface area contributed by atoms with E-state index >= 15 is 0 Å². The summed E-state index contributed by atoms with van der Waals surface area (Å²) in [5.41, 5.74) is 3.12. The molecule has 0 spiro atoms. The molecule has 3 rings (SSSR count). The topological polar surface area (TPSA) is 60.5 Å². The molecule has 0 saturated heterocycles. The zero-order valence-corrected chi connectivity index (χ0v) is 18.7. The number of benzene rings is 2. The van der Waals surface area contributed by atoms with Crippen LogP contribution in [0.1, 0.15) is 32.0 Å². The molecule has 1 amide bonds. The van der Waals surface area contributed by atoms with Crippen LogP contribution in [0.3, 0.4) is 0 Å². The molecule has 0 aliphatic heterocycles. The van der Waals surface area contributed by atoms with Crippen molar-refractivity contribution in [2.45, 2.75) is 33.7 Å². The fourth-order valence-corrected chi connectivity index (χ4v) is 3.16. The lowest BCUT2D eigenvalue weighted by molar-refractivity contribution is -0.120. The first-order valence-corrected chi connectivity index (χ1v) is 10.8. The van der Waals surface area contributed by atoms with Crippen LogP contribution in [-0.2, 0) is 17.8 Å². The van der Waals surface area contributed by atoms with E-state index in [0.717, 1.165) is 11.1 Å². The first-order chi connectivity index (χ1) is 15.4. The van der Waals surface area contributed by atoms with E-state index in [0.29, 0.717) is 42.0 Å². The number of halogens is 1. The number of nitrogens with one attached hydrogen (secondary N) is 1. The maximum absolute atomic E-state index is 13.9. The molecule has 6 heteroatoms. The number of pyridine rings is 1. The van der Waals surface area contributed by atoms with Gasteiger partial charge < -0.3 is 14.8 Å². The van der Waals surface area contributed by atoms with E-state index in [-0.39, 0.29) is 18.9 Å². The lowest BCUT2D eigenvalue weighted by atomic mass is 10.1. The highest BCUT2D eigenvalue weighted by Crippen LogP contribution is 2.28. The Hall–Kier alpha value is -3.41. The first kappa shape index (κ1) is 23.3. The van der Waals surface area contributed by atoms with Crippen molar-refractivity contribution in [2.24, 2.45) is 5.92 Å². The summed E-state index contributed by atoms with van der Waals surface area (Å²) in [4.78, 5) is 17.0. The van der Waals surface area contributed by atoms with Crippen LogP contribution >= 0.6 is 0 Å². The van der Waals surface area contributed by atoms with Crippen LogP contribution in [0.5, 0.6) is 11.6 Å². The van der Waals surface area contributed by atoms with Crippen molar-refractivity contribution in [3.8, 4) is 22.8 Å². The smallest absolute Gasteiger partial charge is 0.226 e. The monoisotopic (exact) mass is 436 g/mol. The van der Waals surface area contributed by atoms with Gasteiger partial charge in [0.15, 0.2) is 0 Å². The van der Waals surface area contributed by atoms with Crippen molar-refractivity contribution >= 4 is 5.91 Å². The van der Waals surface area contributed by atoms with Gasteiger partial charge in [-0.2, -0.15) is 0 Å². The second kappa shape index (κ2) is 11.3. The van der Waals surface area contributed by atoms with Crippen molar-refractivity contribution in [2.75, 3.05) is 13.2 Å². The van der Waals surface area contributed by atoms with E-state index < -0.39 is 5.82 Å². The van der Waals surface area contributed by atoms with Gasteiger partial charge in [-0.3, -0.25) is 4.79 Å². The fourth-order valence-electron chi connectivity index (χ4n) is 3.16. The Labute approximate surface area is 188 Å². The summed E-state index contributed by atoms with van der Waals surface area (Å²) in [6.07, 6.45) is 0.0984. The van der Waals surface area contributed by atoms with Gasteiger partial charge in [-0.25, -0.2) is 9.37 Å². The Balaban J connectivity index is 1.64. The first-order valence-electron chi connectivity index (χ1n) is 10.8. The van der Waals surface area contributed by atoms with Crippen LogP contribution in [0.15, 0.2) is 60.7 Å². The van der Waals surface area contributed by atoms with Gasteiger partial charge in [-0.1, -0.05) is 44.2 Å². The van der Waals surface area contributed by atoms with E-state index in [1.165, 1.54) is 12.1 Å². The molecule has 32 heavy (non-hydrogen) atoms. The van der Waals surface area contributed by atoms with Crippen molar-refractivity contribution in [1.82, 2.24) is 10.3 Å². The number of aromatic nitrogens is 1. The summed E-state index contributed by atoms with van der Waals surface area (Å²) in [6.45, 7) is 7.13. The van der Waals surface area contributed by atoms with Crippen LogP contribution in [0.25, 0.3) is 11.1 Å². The summed E-state index contributed by atoms with van der Waals surface area (Å²) in [5, 5.41) is 2.82. The van der Waals surface area contributed by atoms with Crippen LogP contribution in [0, 0.1) is 11.7 Å². The minimum Gasteiger partial charge on any atom is -0.493 e. The molecule has 3 aromatic rings. The van der Waals surface area contributed by atoms with Gasteiger partial charge in [0.1, 0.15) is 11.6 Å². The maximum atomic E-state index is 13.9. The molecular weight excluding hydrogens is 407 g/mol. The Morgan fingerprint density at radius 2 is 1.84 bits per heavy atom. The van der Waals surface area contributed by atoms with E-state index in [2.05, 4.69) is 10.3 Å². The zero-order chi connectivity index (χ0) is 22.9. The summed E-state index contributed by atoms with van der Waals surface area (Å²) in [6, 6.07) is 18.1. The van der Waals surface area contributed by atoms with Gasteiger partial charge in [0.05, 0.1) is 25.3 Å². The second-order valence-electron chi connectivity index (χ2n) is 7.91. The van der Waals surface area contributed by atoms with Crippen molar-refractivity contribution in [1.29, 1.82) is 0 Å². The molecule has 0 bridgehead atoms. The minimum atomic E-state index is -0.393. The van der Waals surface area contributed by atoms with Crippen molar-refractivity contribution in [3.05, 3.63) is 77.7 Å². The number of ether oxygens (including phenoxy) is 2. The Kier molecular flexibility index (Phi) is 8.20. The van der Waals surface area contributed by atoms with Crippen molar-refractivity contribution in [3.63, 3.8) is 0 Å². The molecule has 2 aromatic carbocycles. The number of hydrogen-bond donors (Lipinski definition) is 1. The largest absolute Gasteiger partial charge is 0.493 e. The van der Waals surface area contributed by atoms with Gasteiger partial charge in [0, 0.05) is 18.2 Å². The van der Waals surface area contributed by atoms with E-state index in [1.807, 2.05) is 63.2 Å². The quantitative estimate of drug-likeness (QED) is 0.476. The number of carbonyl (C=O) groups is 1. The predicted molar refractivity (Wildman–Crippen MR) is 123 cm³/mol. The van der Waals surface area contributed by atoms with Gasteiger partial charge in [-0.05, 0) is 48.2 Å². The Morgan fingerprint density at radius 1 is 1.06 bits per heavy atom. The Bertz CT molecular complexity index is 1040. The number of carbonyl (C=O) groups excluding carboxylic acids is 1. The third-order valence-corrected chi connectivity index (χ3v) is 4.63. The predicted octanol–water partition coefficient (Wildman–Crippen LogP) is 5.18. The highest BCUT2D eigenvalue weighted by molar-refractivity contribution is 5.78. The van der Waals surface area contributed by atoms with Crippen LogP contribution in [0.4, 0.5) is 4.39 Å². The molecule has 0 aliphatic rings. The van der Waals surface area contributed by atoms with E-state index in [4.69, 9.17) is 9.47 Å². The molecule has 0 saturated carbocycles. The van der Waals surface area contributed by atoms with Crippen molar-refractivity contribution < 1.29 is 18.7 Å². The zero-order valence-electron chi connectivity index (χ0n) is 18.7. The summed E-state index contributed by atoms with van der Waals surface area (Å²) in [5.74, 6) is 0.698. The van der Waals surface area contributed by atoms with E-state index in [1.54, 1.807) is 6.07 Å². The lowest BCUT2D eigenvalue weighted by Crippen LogP contribution is -2.25. The molecule has 0 unspecified atom stereocenters. The summed E-state index contributed by atoms with van der Waals surface area (Å²) in [7, 11) is 0. The molecule has 0 atom stereocenters. The van der Waals surface area contributed by atoms with Crippen LogP contribution in [-0.4, -0.2) is 24.1 Å². The number of hydrogen-bond acceptors (Lipinski definition) is 4. The van der Waals surface area contributed by atoms with Gasteiger partial charge in [0.25, 0.3) is 0 Å². The van der Waals surface area contributed by atoms with Crippen LogP contribution < -0.4 is 14.8 Å². The van der Waals surface area contributed by atoms with Gasteiger partial charge in [0.2, 0.25) is 11.8 Å². The molecule has 0 fully saturated rings. The molecular formula is C26H29FN2O3. The number of rotatable bonds is 10. The molecule has 1 aromatic heterocycles. The molecule has 5 nitrogen and oxygen atoms in total. The highest BCUT2D eigenvalue weighted by atomic mass is 19.1. The minimum absolute atomic E-state index is 0.0984. The SMILES string of the molecule is CCOc1nc(CC(=O)NCc2cc(F)cc(OCC(C)C)c2)ccc1-c1ccccc1. The molecule has 1 heterocycles. The summed E-state index contributed by atoms with van der Waals surface area (Å²) >= 11 is 0. The standard InChI is InChI=1S/C26H29FN2O3/c1-4-31-26-24(20-8-6-5-7-9-20)11-10-22(29-26)15-25(30)28-16-19-12-21(27)14-23(13-19)32-17-18(2)3/h5-14,18H,4,15-17H2,1-3H3,(H,28,30). The van der Waals surface area contributed by atoms with Gasteiger partial charge >= 0.3 is 0 Å². The summed E-state index contributed by atoms with van der Waals surface area (Å²) < 4.78 is 25.2. The van der Waals surface area contributed by atoms with E-state index in [9.17, 15) is 9.18 Å². The fraction of sp³-hybridized carbons (Fsp3) is 0.308. The number of nitrogens with zero attached hydrogens (tertiary/aromatic N) is 1. The average molecular weight is 437 g/mol. The lowest BCUT2D eigenvalue weighted by Gasteiger charge is -2.12. The van der Waals surface area contributed by atoms with Crippen LogP contribution in [0.2, 0.25) is 0 Å². The molecule has 1 N–H and O–H groups in total. The normalized spacial score (nSPS) is 10.8. The molecule has 0 aliphatic carbocycles. The third kappa shape index (κ3) is 6.80. The highest BCUT2D eigenvalue weighted by Gasteiger charge is 2.12. The third-order valence-electron chi connectivity index (χ3n) is 4.63. The average Bonchev–Trinajstić information content (AvgIpc) is 2.77. The second-order valence-corrected chi connectivity index (χ2v) is 7.91. The molecule has 168 valence electrons. The molecule has 0 radical (unpaired) electrons. The Morgan fingerprint density at radius 3 is 2.56 bits per heavy atom. The van der Waals surface area contributed by atoms with Gasteiger partial charge in [-0.15, -0.1) is 0 Å². The number of amides is 1.